The van der Waals surface area contributed by atoms with Gasteiger partial charge in [-0.15, -0.1) is 0 Å². The molecular formula is C28H23F4N5O2. The third-order valence-electron chi connectivity index (χ3n) is 5.82. The van der Waals surface area contributed by atoms with Gasteiger partial charge in [-0.2, -0.15) is 23.5 Å². The van der Waals surface area contributed by atoms with Crippen molar-refractivity contribution in [1.29, 1.82) is 5.26 Å². The summed E-state index contributed by atoms with van der Waals surface area (Å²) in [6.07, 6.45) is -3.53. The highest BCUT2D eigenvalue weighted by Crippen LogP contribution is 2.40. The van der Waals surface area contributed by atoms with E-state index in [2.05, 4.69) is 21.5 Å². The van der Waals surface area contributed by atoms with Crippen LogP contribution in [-0.4, -0.2) is 27.3 Å². The van der Waals surface area contributed by atoms with Crippen LogP contribution in [0.5, 0.6) is 0 Å². The maximum absolute atomic E-state index is 15.1. The average Bonchev–Trinajstić information content (AvgIpc) is 3.34. The van der Waals surface area contributed by atoms with Gasteiger partial charge in [0.25, 0.3) is 0 Å². The third-order valence-corrected chi connectivity index (χ3v) is 5.82. The number of hydrogen-bond donors (Lipinski definition) is 1. The van der Waals surface area contributed by atoms with Crippen LogP contribution in [0.1, 0.15) is 30.5 Å². The number of hydrogen-bond acceptors (Lipinski definition) is 6. The fourth-order valence-electron chi connectivity index (χ4n) is 4.01. The minimum absolute atomic E-state index is 0.0282. The Morgan fingerprint density at radius 1 is 1.13 bits per heavy atom. The van der Waals surface area contributed by atoms with Crippen molar-refractivity contribution in [3.8, 4) is 28.6 Å². The molecule has 0 fully saturated rings. The third kappa shape index (κ3) is 6.23. The molecule has 2 aromatic heterocycles. The number of benzene rings is 2. The Balaban J connectivity index is 1.80. The lowest BCUT2D eigenvalue weighted by Gasteiger charge is -2.18. The summed E-state index contributed by atoms with van der Waals surface area (Å²) in [5, 5.41) is 16.6. The summed E-state index contributed by atoms with van der Waals surface area (Å²) in [4.78, 5) is 16.6. The molecule has 0 aliphatic carbocycles. The zero-order valence-electron chi connectivity index (χ0n) is 21.0. The monoisotopic (exact) mass is 537 g/mol. The first-order chi connectivity index (χ1) is 18.6. The number of nitrogens with zero attached hydrogens (tertiary/aromatic N) is 4. The molecule has 0 saturated carbocycles. The van der Waals surface area contributed by atoms with Gasteiger partial charge in [-0.3, -0.25) is 9.48 Å². The number of nitrogens with one attached hydrogen (secondary N) is 1. The Hall–Kier alpha value is -4.72. The molecule has 2 heterocycles. The van der Waals surface area contributed by atoms with Crippen molar-refractivity contribution >= 4 is 17.3 Å². The van der Waals surface area contributed by atoms with Crippen LogP contribution < -0.4 is 5.32 Å². The van der Waals surface area contributed by atoms with Crippen molar-refractivity contribution in [1.82, 2.24) is 14.8 Å². The minimum Gasteiger partial charge on any atom is -0.466 e. The lowest BCUT2D eigenvalue weighted by atomic mass is 10.00. The number of aromatic nitrogens is 3. The van der Waals surface area contributed by atoms with E-state index in [-0.39, 0.29) is 41.4 Å². The first-order valence-corrected chi connectivity index (χ1v) is 11.9. The molecule has 4 rings (SSSR count). The van der Waals surface area contributed by atoms with Crippen molar-refractivity contribution in [2.24, 2.45) is 7.05 Å². The van der Waals surface area contributed by atoms with Crippen molar-refractivity contribution in [2.45, 2.75) is 25.4 Å². The zero-order chi connectivity index (χ0) is 28.2. The molecule has 2 aromatic carbocycles. The molecular weight excluding hydrogens is 514 g/mol. The smallest absolute Gasteiger partial charge is 0.417 e. The number of rotatable bonds is 8. The largest absolute Gasteiger partial charge is 0.466 e. The zero-order valence-corrected chi connectivity index (χ0v) is 21.0. The number of carbonyl (C=O) groups is 1. The molecule has 0 bridgehead atoms. The number of carbonyl (C=O) groups excluding carboxylic acids is 1. The molecule has 0 aliphatic rings. The van der Waals surface area contributed by atoms with Gasteiger partial charge in [-0.1, -0.05) is 30.3 Å². The summed E-state index contributed by atoms with van der Waals surface area (Å²) >= 11 is 0. The summed E-state index contributed by atoms with van der Waals surface area (Å²) in [5.41, 5.74) is -0.156. The topological polar surface area (TPSA) is 92.8 Å². The van der Waals surface area contributed by atoms with E-state index in [4.69, 9.17) is 4.74 Å². The molecule has 39 heavy (non-hydrogen) atoms. The van der Waals surface area contributed by atoms with Crippen LogP contribution in [0.15, 0.2) is 66.9 Å². The first-order valence-electron chi connectivity index (χ1n) is 11.9. The van der Waals surface area contributed by atoms with E-state index in [9.17, 15) is 23.2 Å². The first kappa shape index (κ1) is 27.3. The Kier molecular flexibility index (Phi) is 7.95. The number of ether oxygens (including phenoxy) is 1. The number of nitriles is 1. The normalized spacial score (nSPS) is 12.0. The van der Waals surface area contributed by atoms with E-state index in [1.165, 1.54) is 29.1 Å². The van der Waals surface area contributed by atoms with E-state index in [1.54, 1.807) is 44.3 Å². The Morgan fingerprint density at radius 3 is 2.49 bits per heavy atom. The maximum atomic E-state index is 15.1. The second-order valence-electron chi connectivity index (χ2n) is 8.56. The van der Waals surface area contributed by atoms with E-state index in [1.807, 2.05) is 0 Å². The van der Waals surface area contributed by atoms with E-state index in [0.717, 1.165) is 6.07 Å². The highest BCUT2D eigenvalue weighted by Gasteiger charge is 2.35. The van der Waals surface area contributed by atoms with Crippen LogP contribution in [0.4, 0.5) is 28.9 Å². The lowest BCUT2D eigenvalue weighted by Crippen LogP contribution is -2.11. The number of aryl methyl sites for hydroxylation is 1. The SMILES string of the molecule is CCOC(=O)CC(C#N)c1ccc(Nc2cc(-c3ccn(C)n3)c(C(F)(F)F)cc2F)c(-c2ccccc2)n1. The van der Waals surface area contributed by atoms with Gasteiger partial charge in [0, 0.05) is 24.4 Å². The highest BCUT2D eigenvalue weighted by atomic mass is 19.4. The molecule has 1 N–H and O–H groups in total. The Labute approximate surface area is 221 Å². The van der Waals surface area contributed by atoms with Gasteiger partial charge in [0.05, 0.1) is 59.0 Å². The molecule has 1 atom stereocenters. The van der Waals surface area contributed by atoms with Gasteiger partial charge in [-0.25, -0.2) is 9.37 Å². The van der Waals surface area contributed by atoms with E-state index >= 15 is 4.39 Å². The fraction of sp³-hybridized carbons (Fsp3) is 0.214. The van der Waals surface area contributed by atoms with Gasteiger partial charge in [0.1, 0.15) is 5.82 Å². The second-order valence-corrected chi connectivity index (χ2v) is 8.56. The predicted octanol–water partition coefficient (Wildman–Crippen LogP) is 6.61. The highest BCUT2D eigenvalue weighted by molar-refractivity contribution is 5.80. The molecule has 7 nitrogen and oxygen atoms in total. The van der Waals surface area contributed by atoms with Gasteiger partial charge in [0.2, 0.25) is 0 Å². The second kappa shape index (κ2) is 11.3. The van der Waals surface area contributed by atoms with Crippen LogP contribution in [0, 0.1) is 17.1 Å². The average molecular weight is 538 g/mol. The van der Waals surface area contributed by atoms with Gasteiger partial charge >= 0.3 is 12.1 Å². The van der Waals surface area contributed by atoms with Crippen molar-refractivity contribution in [3.63, 3.8) is 0 Å². The van der Waals surface area contributed by atoms with Crippen LogP contribution in [0.25, 0.3) is 22.5 Å². The summed E-state index contributed by atoms with van der Waals surface area (Å²) in [5.74, 6) is -2.58. The molecule has 0 aliphatic heterocycles. The standard InChI is InChI=1S/C28H23F4N5O2/c1-3-39-26(38)13-18(16-33)22-9-10-24(27(35-22)17-7-5-4-6-8-17)34-25-14-19(23-11-12-37(2)36-23)20(15-21(25)29)28(30,31)32/h4-12,14-15,18,34H,3,13H2,1-2H3. The van der Waals surface area contributed by atoms with Gasteiger partial charge in [-0.05, 0) is 37.3 Å². The summed E-state index contributed by atoms with van der Waals surface area (Å²) in [6, 6.07) is 16.8. The molecule has 0 radical (unpaired) electrons. The lowest BCUT2D eigenvalue weighted by molar-refractivity contribution is -0.143. The number of anilines is 2. The Morgan fingerprint density at radius 2 is 1.87 bits per heavy atom. The summed E-state index contributed by atoms with van der Waals surface area (Å²) < 4.78 is 62.7. The molecule has 11 heteroatoms. The van der Waals surface area contributed by atoms with Crippen LogP contribution in [-0.2, 0) is 22.8 Å². The molecule has 1 unspecified atom stereocenters. The van der Waals surface area contributed by atoms with Crippen molar-refractivity contribution in [3.05, 3.63) is 83.9 Å². The number of halogens is 4. The quantitative estimate of drug-likeness (QED) is 0.201. The summed E-state index contributed by atoms with van der Waals surface area (Å²) in [7, 11) is 1.56. The molecule has 0 spiro atoms. The van der Waals surface area contributed by atoms with Gasteiger partial charge < -0.3 is 10.1 Å². The molecule has 0 amide bonds. The fourth-order valence-corrected chi connectivity index (χ4v) is 4.01. The predicted molar refractivity (Wildman–Crippen MR) is 136 cm³/mol. The van der Waals surface area contributed by atoms with Crippen LogP contribution >= 0.6 is 0 Å². The van der Waals surface area contributed by atoms with Gasteiger partial charge in [0.15, 0.2) is 0 Å². The minimum atomic E-state index is -4.81. The Bertz CT molecular complexity index is 1530. The van der Waals surface area contributed by atoms with Crippen LogP contribution in [0.3, 0.4) is 0 Å². The van der Waals surface area contributed by atoms with Crippen molar-refractivity contribution < 1.29 is 27.1 Å². The van der Waals surface area contributed by atoms with E-state index < -0.39 is 29.4 Å². The summed E-state index contributed by atoms with van der Waals surface area (Å²) in [6.45, 7) is 1.83. The number of esters is 1. The van der Waals surface area contributed by atoms with Crippen LogP contribution in [0.2, 0.25) is 0 Å². The van der Waals surface area contributed by atoms with Crippen molar-refractivity contribution in [2.75, 3.05) is 11.9 Å². The van der Waals surface area contributed by atoms with E-state index in [0.29, 0.717) is 17.3 Å². The molecule has 0 saturated heterocycles. The number of alkyl halides is 3. The molecule has 200 valence electrons. The molecule has 4 aromatic rings. The number of pyridine rings is 1. The maximum Gasteiger partial charge on any atom is 0.417 e.